The second-order valence-corrected chi connectivity index (χ2v) is 11.2. The van der Waals surface area contributed by atoms with Crippen LogP contribution in [0.5, 0.6) is 0 Å². The highest BCUT2D eigenvalue weighted by Gasteiger charge is 2.38. The number of aliphatic carboxylic acids is 1. The lowest BCUT2D eigenvalue weighted by Gasteiger charge is -2.25. The Bertz CT molecular complexity index is 1660. The molecule has 0 aliphatic carbocycles. The summed E-state index contributed by atoms with van der Waals surface area (Å²) in [7, 11) is 0. The van der Waals surface area contributed by atoms with Gasteiger partial charge in [-0.2, -0.15) is 13.2 Å². The van der Waals surface area contributed by atoms with Gasteiger partial charge in [0.2, 0.25) is 17.7 Å². The maximum Gasteiger partial charge on any atom is 0.490 e. The maximum atomic E-state index is 13.9. The summed E-state index contributed by atoms with van der Waals surface area (Å²) >= 11 is 0. The third kappa shape index (κ3) is 13.4. The molecule has 0 bridgehead atoms. The molecular formula is C33H42F3N9O5. The highest BCUT2D eigenvalue weighted by atomic mass is 19.4. The fourth-order valence-corrected chi connectivity index (χ4v) is 4.77. The summed E-state index contributed by atoms with van der Waals surface area (Å²) in [5, 5.41) is 22.4. The number of guanidine groups is 1. The van der Waals surface area contributed by atoms with Crippen molar-refractivity contribution in [1.82, 2.24) is 10.6 Å². The van der Waals surface area contributed by atoms with E-state index in [-0.39, 0.29) is 37.1 Å². The number of fused-ring (bicyclic) bond motifs is 1. The molecule has 50 heavy (non-hydrogen) atoms. The molecule has 14 N–H and O–H groups in total. The number of nitrogens with two attached hydrogens (primary N) is 5. The van der Waals surface area contributed by atoms with Crippen LogP contribution in [0.15, 0.2) is 71.7 Å². The molecule has 14 nitrogen and oxygen atoms in total. The standard InChI is InChI=1S/C31H41N9O3.C2HF3O2/c32-15-3-7-26(30(43)39-25(28(35)41)8-4-16-38-31(36)37)40-29(42)24(17-19-9-11-21(12-10-19)27(33)34)23-14-13-20-5-1-2-6-22(20)18-23;3-2(4,5)1(6)7/h1-2,5-6,9-14,18,24-26H,3-4,7-8,15-17,32H2,(H3,33,34)(H2,35,41)(H,39,43)(H,40,42)(H4,36,37,38);(H,6,7)/t24-,25+,26+;/m1./s1. The topological polar surface area (TPSA) is 279 Å². The number of nitrogens with one attached hydrogen (secondary N) is 3. The molecule has 0 saturated heterocycles. The van der Waals surface area contributed by atoms with Crippen LogP contribution in [0.2, 0.25) is 0 Å². The number of nitrogens with zero attached hydrogens (tertiary/aromatic N) is 1. The first-order valence-corrected chi connectivity index (χ1v) is 15.4. The SMILES string of the molecule is N=C(N)c1ccc(C[C@@H](C(=O)N[C@@H](CCCN)C(=O)N[C@@H](CCCN=C(N)N)C(N)=O)c2ccc3ccccc3c2)cc1.O=C(O)C(F)(F)F. The number of carbonyl (C=O) groups excluding carboxylic acids is 3. The molecule has 270 valence electrons. The van der Waals surface area contributed by atoms with Gasteiger partial charge in [0, 0.05) is 12.1 Å². The Morgan fingerprint density at radius 2 is 1.40 bits per heavy atom. The van der Waals surface area contributed by atoms with E-state index in [2.05, 4.69) is 15.6 Å². The van der Waals surface area contributed by atoms with E-state index in [1.54, 1.807) is 12.1 Å². The Morgan fingerprint density at radius 1 is 0.820 bits per heavy atom. The number of hydrogen-bond acceptors (Lipinski definition) is 7. The third-order valence-corrected chi connectivity index (χ3v) is 7.37. The van der Waals surface area contributed by atoms with Crippen LogP contribution in [0.1, 0.15) is 48.3 Å². The van der Waals surface area contributed by atoms with E-state index in [1.807, 2.05) is 54.6 Å². The van der Waals surface area contributed by atoms with E-state index in [1.165, 1.54) is 0 Å². The predicted molar refractivity (Wildman–Crippen MR) is 183 cm³/mol. The van der Waals surface area contributed by atoms with Gasteiger partial charge in [-0.3, -0.25) is 24.8 Å². The second kappa shape index (κ2) is 19.3. The van der Waals surface area contributed by atoms with Gasteiger partial charge in [0.05, 0.1) is 5.92 Å². The molecule has 0 unspecified atom stereocenters. The molecule has 3 atom stereocenters. The number of halogens is 3. The van der Waals surface area contributed by atoms with E-state index in [0.29, 0.717) is 31.4 Å². The number of carboxylic acids is 1. The van der Waals surface area contributed by atoms with Crippen molar-refractivity contribution in [2.24, 2.45) is 33.7 Å². The van der Waals surface area contributed by atoms with Gasteiger partial charge in [-0.05, 0) is 60.5 Å². The monoisotopic (exact) mass is 701 g/mol. The Balaban J connectivity index is 0.00000112. The van der Waals surface area contributed by atoms with Crippen LogP contribution < -0.4 is 39.3 Å². The molecule has 0 aromatic heterocycles. The molecule has 3 aromatic carbocycles. The quantitative estimate of drug-likeness (QED) is 0.0591. The number of amides is 3. The lowest BCUT2D eigenvalue weighted by molar-refractivity contribution is -0.192. The highest BCUT2D eigenvalue weighted by molar-refractivity contribution is 5.95. The van der Waals surface area contributed by atoms with Crippen molar-refractivity contribution in [1.29, 1.82) is 5.41 Å². The van der Waals surface area contributed by atoms with Crippen molar-refractivity contribution in [2.75, 3.05) is 13.1 Å². The zero-order chi connectivity index (χ0) is 37.4. The number of primary amides is 1. The van der Waals surface area contributed by atoms with Crippen LogP contribution in [0.3, 0.4) is 0 Å². The number of benzene rings is 3. The Hall–Kier alpha value is -5.71. The number of hydrogen-bond donors (Lipinski definition) is 9. The highest BCUT2D eigenvalue weighted by Crippen LogP contribution is 2.26. The van der Waals surface area contributed by atoms with Gasteiger partial charge >= 0.3 is 12.1 Å². The largest absolute Gasteiger partial charge is 0.490 e. The first-order valence-electron chi connectivity index (χ1n) is 15.4. The van der Waals surface area contributed by atoms with Crippen molar-refractivity contribution >= 4 is 46.3 Å². The molecular weight excluding hydrogens is 659 g/mol. The first kappa shape index (κ1) is 40.5. The van der Waals surface area contributed by atoms with Crippen LogP contribution in [-0.2, 0) is 25.6 Å². The van der Waals surface area contributed by atoms with E-state index in [0.717, 1.165) is 21.9 Å². The van der Waals surface area contributed by atoms with Crippen LogP contribution >= 0.6 is 0 Å². The van der Waals surface area contributed by atoms with Crippen LogP contribution in [0.25, 0.3) is 10.8 Å². The summed E-state index contributed by atoms with van der Waals surface area (Å²) in [4.78, 5) is 52.2. The van der Waals surface area contributed by atoms with Gasteiger partial charge in [0.25, 0.3) is 0 Å². The molecule has 0 aliphatic heterocycles. The van der Waals surface area contributed by atoms with Crippen molar-refractivity contribution in [3.05, 3.63) is 83.4 Å². The number of amidine groups is 1. The zero-order valence-electron chi connectivity index (χ0n) is 27.1. The summed E-state index contributed by atoms with van der Waals surface area (Å²) in [6.45, 7) is 0.587. The number of aliphatic imine (C=N–C) groups is 1. The van der Waals surface area contributed by atoms with Gasteiger partial charge in [-0.15, -0.1) is 0 Å². The van der Waals surface area contributed by atoms with E-state index in [9.17, 15) is 27.6 Å². The zero-order valence-corrected chi connectivity index (χ0v) is 27.1. The molecule has 0 spiro atoms. The third-order valence-electron chi connectivity index (χ3n) is 7.37. The summed E-state index contributed by atoms with van der Waals surface area (Å²) in [5.74, 6) is -5.11. The Kier molecular flexibility index (Phi) is 15.6. The van der Waals surface area contributed by atoms with Gasteiger partial charge in [-0.25, -0.2) is 4.79 Å². The lowest BCUT2D eigenvalue weighted by Crippen LogP contribution is -2.53. The van der Waals surface area contributed by atoms with Crippen LogP contribution in [0.4, 0.5) is 13.2 Å². The average molecular weight is 702 g/mol. The van der Waals surface area contributed by atoms with Crippen molar-refractivity contribution in [3.8, 4) is 0 Å². The minimum absolute atomic E-state index is 0.0466. The minimum Gasteiger partial charge on any atom is -0.475 e. The normalized spacial score (nSPS) is 12.7. The van der Waals surface area contributed by atoms with E-state index < -0.39 is 42.0 Å². The van der Waals surface area contributed by atoms with Crippen molar-refractivity contribution < 1.29 is 37.5 Å². The van der Waals surface area contributed by atoms with E-state index >= 15 is 0 Å². The molecule has 17 heteroatoms. The molecule has 0 saturated carbocycles. The number of carbonyl (C=O) groups is 4. The Morgan fingerprint density at radius 3 is 1.94 bits per heavy atom. The average Bonchev–Trinajstić information content (AvgIpc) is 3.06. The molecule has 3 amide bonds. The fourth-order valence-electron chi connectivity index (χ4n) is 4.77. The fraction of sp³-hybridized carbons (Fsp3) is 0.333. The van der Waals surface area contributed by atoms with Crippen molar-refractivity contribution in [3.63, 3.8) is 0 Å². The molecule has 3 rings (SSSR count). The molecule has 0 fully saturated rings. The second-order valence-electron chi connectivity index (χ2n) is 11.2. The summed E-state index contributed by atoms with van der Waals surface area (Å²) in [5.41, 5.74) is 29.8. The van der Waals surface area contributed by atoms with Gasteiger partial charge in [0.1, 0.15) is 17.9 Å². The molecule has 0 heterocycles. The van der Waals surface area contributed by atoms with Crippen LogP contribution in [0, 0.1) is 5.41 Å². The molecule has 3 aromatic rings. The van der Waals surface area contributed by atoms with Gasteiger partial charge < -0.3 is 44.4 Å². The van der Waals surface area contributed by atoms with Gasteiger partial charge in [-0.1, -0.05) is 66.7 Å². The van der Waals surface area contributed by atoms with Gasteiger partial charge in [0.15, 0.2) is 5.96 Å². The predicted octanol–water partition coefficient (Wildman–Crippen LogP) is 1.33. The molecule has 0 aliphatic rings. The van der Waals surface area contributed by atoms with E-state index in [4.69, 9.17) is 44.0 Å². The minimum atomic E-state index is -5.08. The lowest BCUT2D eigenvalue weighted by atomic mass is 9.89. The number of carboxylic acid groups (broad SMARTS) is 1. The first-order chi connectivity index (χ1) is 23.5. The number of nitrogen functional groups attached to an aromatic ring is 1. The Labute approximate surface area is 286 Å². The smallest absolute Gasteiger partial charge is 0.475 e. The summed E-state index contributed by atoms with van der Waals surface area (Å²) in [6.07, 6.45) is -3.37. The summed E-state index contributed by atoms with van der Waals surface area (Å²) in [6, 6.07) is 18.9. The van der Waals surface area contributed by atoms with Crippen LogP contribution in [-0.4, -0.2) is 71.9 Å². The maximum absolute atomic E-state index is 13.9. The number of alkyl halides is 3. The van der Waals surface area contributed by atoms with Crippen molar-refractivity contribution in [2.45, 2.75) is 56.3 Å². The number of rotatable bonds is 16. The summed E-state index contributed by atoms with van der Waals surface area (Å²) < 4.78 is 31.7. The molecule has 0 radical (unpaired) electrons.